The number of anilines is 2. The van der Waals surface area contributed by atoms with Crippen LogP contribution in [0.5, 0.6) is 5.75 Å². The largest absolute Gasteiger partial charge is 0.573 e. The quantitative estimate of drug-likeness (QED) is 0.626. The number of aromatic amines is 1. The number of carbonyl (C=O) groups is 1. The average molecular weight is 372 g/mol. The van der Waals surface area contributed by atoms with E-state index in [1.165, 1.54) is 24.3 Å². The van der Waals surface area contributed by atoms with Crippen LogP contribution in [0.1, 0.15) is 10.4 Å². The first-order valence-electron chi connectivity index (χ1n) is 6.77. The summed E-state index contributed by atoms with van der Waals surface area (Å²) in [5.74, 6) is -1.25. The Labute approximate surface area is 143 Å². The predicted molar refractivity (Wildman–Crippen MR) is 84.5 cm³/mol. The van der Waals surface area contributed by atoms with Gasteiger partial charge in [-0.2, -0.15) is 0 Å². The van der Waals surface area contributed by atoms with Crippen molar-refractivity contribution in [1.82, 2.24) is 9.97 Å². The van der Waals surface area contributed by atoms with Gasteiger partial charge in [0.2, 0.25) is 5.95 Å². The summed E-state index contributed by atoms with van der Waals surface area (Å²) in [5, 5.41) is 12.0. The number of nitrogens with zero attached hydrogens (tertiary/aromatic N) is 1. The van der Waals surface area contributed by atoms with Crippen molar-refractivity contribution in [2.75, 3.05) is 5.32 Å². The number of rotatable bonds is 4. The van der Waals surface area contributed by atoms with E-state index in [-0.39, 0.29) is 22.3 Å². The van der Waals surface area contributed by atoms with Gasteiger partial charge < -0.3 is 20.1 Å². The number of nitrogens with one attached hydrogen (secondary N) is 2. The first kappa shape index (κ1) is 16.9. The fourth-order valence-electron chi connectivity index (χ4n) is 2.13. The molecule has 0 saturated heterocycles. The first-order valence-corrected chi connectivity index (χ1v) is 7.14. The van der Waals surface area contributed by atoms with E-state index in [4.69, 9.17) is 16.7 Å². The van der Waals surface area contributed by atoms with Gasteiger partial charge >= 0.3 is 12.3 Å². The van der Waals surface area contributed by atoms with Gasteiger partial charge in [-0.25, -0.2) is 9.78 Å². The first-order chi connectivity index (χ1) is 11.7. The Morgan fingerprint density at radius 3 is 2.52 bits per heavy atom. The van der Waals surface area contributed by atoms with E-state index in [1.807, 2.05) is 0 Å². The Balaban J connectivity index is 1.82. The van der Waals surface area contributed by atoms with Crippen LogP contribution < -0.4 is 10.1 Å². The van der Waals surface area contributed by atoms with Gasteiger partial charge in [-0.3, -0.25) is 0 Å². The second kappa shape index (κ2) is 6.17. The molecular weight excluding hydrogens is 363 g/mol. The van der Waals surface area contributed by atoms with E-state index >= 15 is 0 Å². The maximum absolute atomic E-state index is 12.1. The number of hydrogen-bond acceptors (Lipinski definition) is 4. The molecule has 6 nitrogen and oxygen atoms in total. The molecule has 0 bridgehead atoms. The van der Waals surface area contributed by atoms with Crippen LogP contribution in [0.25, 0.3) is 11.0 Å². The molecular formula is C15H9ClF3N3O3. The van der Waals surface area contributed by atoms with Crippen molar-refractivity contribution in [2.24, 2.45) is 0 Å². The van der Waals surface area contributed by atoms with E-state index in [2.05, 4.69) is 20.0 Å². The fraction of sp³-hybridized carbons (Fsp3) is 0.0667. The molecule has 130 valence electrons. The molecule has 1 aromatic heterocycles. The average Bonchev–Trinajstić information content (AvgIpc) is 2.88. The zero-order valence-electron chi connectivity index (χ0n) is 12.2. The summed E-state index contributed by atoms with van der Waals surface area (Å²) in [6, 6.07) is 7.81. The molecule has 0 aliphatic rings. The number of benzene rings is 2. The number of imidazole rings is 1. The predicted octanol–water partition coefficient (Wildman–Crippen LogP) is 4.56. The molecule has 0 amide bonds. The molecule has 0 spiro atoms. The standard InChI is InChI=1S/C15H9ClF3N3O3/c16-10-6-12-11(5-9(10)13(23)24)21-14(22-12)20-7-1-3-8(4-2-7)25-15(17,18)19/h1-6H,(H,23,24)(H2,20,21,22). The minimum absolute atomic E-state index is 0.0591. The zero-order valence-corrected chi connectivity index (χ0v) is 12.9. The second-order valence-electron chi connectivity index (χ2n) is 4.94. The third kappa shape index (κ3) is 3.94. The molecule has 0 unspecified atom stereocenters. The third-order valence-electron chi connectivity index (χ3n) is 3.15. The number of H-pyrrole nitrogens is 1. The molecule has 1 heterocycles. The topological polar surface area (TPSA) is 87.2 Å². The number of carboxylic acid groups (broad SMARTS) is 1. The molecule has 0 aliphatic heterocycles. The molecule has 25 heavy (non-hydrogen) atoms. The molecule has 0 aliphatic carbocycles. The number of aromatic nitrogens is 2. The van der Waals surface area contributed by atoms with Crippen LogP contribution in [-0.2, 0) is 0 Å². The smallest absolute Gasteiger partial charge is 0.478 e. The van der Waals surface area contributed by atoms with E-state index in [0.29, 0.717) is 16.7 Å². The third-order valence-corrected chi connectivity index (χ3v) is 3.46. The van der Waals surface area contributed by atoms with Gasteiger partial charge in [-0.15, -0.1) is 13.2 Å². The van der Waals surface area contributed by atoms with E-state index < -0.39 is 12.3 Å². The van der Waals surface area contributed by atoms with Gasteiger partial charge in [-0.1, -0.05) is 11.6 Å². The summed E-state index contributed by atoms with van der Waals surface area (Å²) >= 11 is 5.88. The lowest BCUT2D eigenvalue weighted by atomic mass is 10.2. The Kier molecular flexibility index (Phi) is 4.17. The SMILES string of the molecule is O=C(O)c1cc2nc(Nc3ccc(OC(F)(F)F)cc3)[nH]c2cc1Cl. The summed E-state index contributed by atoms with van der Waals surface area (Å²) in [5.41, 5.74) is 1.26. The Morgan fingerprint density at radius 1 is 1.24 bits per heavy atom. The van der Waals surface area contributed by atoms with Gasteiger partial charge in [0.05, 0.1) is 21.6 Å². The van der Waals surface area contributed by atoms with Gasteiger partial charge in [0.15, 0.2) is 0 Å². The number of halogens is 4. The van der Waals surface area contributed by atoms with Gasteiger partial charge in [0, 0.05) is 5.69 Å². The van der Waals surface area contributed by atoms with E-state index in [9.17, 15) is 18.0 Å². The van der Waals surface area contributed by atoms with Crippen molar-refractivity contribution < 1.29 is 27.8 Å². The lowest BCUT2D eigenvalue weighted by Gasteiger charge is -2.09. The van der Waals surface area contributed by atoms with Crippen molar-refractivity contribution >= 4 is 40.2 Å². The van der Waals surface area contributed by atoms with Crippen LogP contribution in [0.15, 0.2) is 36.4 Å². The number of fused-ring (bicyclic) bond motifs is 1. The van der Waals surface area contributed by atoms with Crippen LogP contribution in [-0.4, -0.2) is 27.4 Å². The Morgan fingerprint density at radius 2 is 1.92 bits per heavy atom. The van der Waals surface area contributed by atoms with Gasteiger partial charge in [-0.05, 0) is 36.4 Å². The van der Waals surface area contributed by atoms with E-state index in [1.54, 1.807) is 0 Å². The summed E-state index contributed by atoms with van der Waals surface area (Å²) in [6.07, 6.45) is -4.76. The number of carboxylic acids is 1. The van der Waals surface area contributed by atoms with Crippen molar-refractivity contribution in [3.05, 3.63) is 47.0 Å². The molecule has 0 saturated carbocycles. The van der Waals surface area contributed by atoms with E-state index in [0.717, 1.165) is 12.1 Å². The number of ether oxygens (including phenoxy) is 1. The molecule has 0 radical (unpaired) electrons. The summed E-state index contributed by atoms with van der Waals surface area (Å²) in [6.45, 7) is 0. The molecule has 0 fully saturated rings. The second-order valence-corrected chi connectivity index (χ2v) is 5.34. The monoisotopic (exact) mass is 371 g/mol. The molecule has 0 atom stereocenters. The molecule has 2 aromatic carbocycles. The van der Waals surface area contributed by atoms with Gasteiger partial charge in [0.1, 0.15) is 5.75 Å². The summed E-state index contributed by atoms with van der Waals surface area (Å²) < 4.78 is 40.2. The Bertz CT molecular complexity index is 939. The van der Waals surface area contributed by atoms with Gasteiger partial charge in [0.25, 0.3) is 0 Å². The van der Waals surface area contributed by atoms with Crippen molar-refractivity contribution in [3.8, 4) is 5.75 Å². The summed E-state index contributed by atoms with van der Waals surface area (Å²) in [4.78, 5) is 18.1. The Hall–Kier alpha value is -2.94. The number of aromatic carboxylic acids is 1. The highest BCUT2D eigenvalue weighted by atomic mass is 35.5. The molecule has 3 aromatic rings. The molecule has 3 rings (SSSR count). The highest BCUT2D eigenvalue weighted by molar-refractivity contribution is 6.34. The normalized spacial score (nSPS) is 11.5. The zero-order chi connectivity index (χ0) is 18.2. The maximum Gasteiger partial charge on any atom is 0.573 e. The van der Waals surface area contributed by atoms with Crippen LogP contribution in [0.4, 0.5) is 24.8 Å². The maximum atomic E-state index is 12.1. The molecule has 3 N–H and O–H groups in total. The number of hydrogen-bond donors (Lipinski definition) is 3. The fourth-order valence-corrected chi connectivity index (χ4v) is 2.37. The lowest BCUT2D eigenvalue weighted by Crippen LogP contribution is -2.16. The highest BCUT2D eigenvalue weighted by Crippen LogP contribution is 2.27. The molecule has 10 heteroatoms. The van der Waals surface area contributed by atoms with Crippen LogP contribution in [0.2, 0.25) is 5.02 Å². The minimum atomic E-state index is -4.76. The lowest BCUT2D eigenvalue weighted by molar-refractivity contribution is -0.274. The van der Waals surface area contributed by atoms with Crippen molar-refractivity contribution in [2.45, 2.75) is 6.36 Å². The van der Waals surface area contributed by atoms with Crippen LogP contribution >= 0.6 is 11.6 Å². The highest BCUT2D eigenvalue weighted by Gasteiger charge is 2.30. The minimum Gasteiger partial charge on any atom is -0.478 e. The van der Waals surface area contributed by atoms with Crippen molar-refractivity contribution in [3.63, 3.8) is 0 Å². The summed E-state index contributed by atoms with van der Waals surface area (Å²) in [7, 11) is 0. The van der Waals surface area contributed by atoms with Crippen LogP contribution in [0.3, 0.4) is 0 Å². The number of alkyl halides is 3. The van der Waals surface area contributed by atoms with Crippen molar-refractivity contribution in [1.29, 1.82) is 0 Å². The van der Waals surface area contributed by atoms with Crippen LogP contribution in [0, 0.1) is 0 Å².